The summed E-state index contributed by atoms with van der Waals surface area (Å²) in [4.78, 5) is 4.42. The maximum absolute atomic E-state index is 5.49. The maximum atomic E-state index is 5.49. The van der Waals surface area contributed by atoms with E-state index in [4.69, 9.17) is 9.15 Å². The van der Waals surface area contributed by atoms with Crippen molar-refractivity contribution in [1.29, 1.82) is 0 Å². The maximum Gasteiger partial charge on any atom is 0.253 e. The molecule has 14 heavy (non-hydrogen) atoms. The molecule has 4 heteroatoms. The monoisotopic (exact) mass is 257 g/mol. The minimum absolute atomic E-state index is 0.136. The second kappa shape index (κ2) is 3.12. The van der Waals surface area contributed by atoms with Gasteiger partial charge in [-0.25, -0.2) is 4.99 Å². The van der Waals surface area contributed by atoms with Crippen LogP contribution in [-0.2, 0) is 4.74 Å². The average Bonchev–Trinajstić information content (AvgIpc) is 2.57. The molecule has 0 bridgehead atoms. The van der Waals surface area contributed by atoms with Gasteiger partial charge in [0.2, 0.25) is 0 Å². The van der Waals surface area contributed by atoms with Gasteiger partial charge in [0.1, 0.15) is 12.4 Å². The third-order valence-electron chi connectivity index (χ3n) is 2.03. The van der Waals surface area contributed by atoms with Crippen LogP contribution in [0.5, 0.6) is 0 Å². The Hall–Kier alpha value is -0.770. The summed E-state index contributed by atoms with van der Waals surface area (Å²) in [6.07, 6.45) is 0. The Morgan fingerprint density at radius 3 is 2.64 bits per heavy atom. The van der Waals surface area contributed by atoms with Crippen molar-refractivity contribution in [3.63, 3.8) is 0 Å². The number of aliphatic imine (C=N–C) groups is 1. The highest BCUT2D eigenvalue weighted by molar-refractivity contribution is 9.10. The van der Waals surface area contributed by atoms with Gasteiger partial charge in [0.25, 0.3) is 5.90 Å². The predicted molar refractivity (Wildman–Crippen MR) is 57.7 cm³/mol. The Kier molecular flexibility index (Phi) is 2.18. The number of hydrogen-bond donors (Lipinski definition) is 0. The van der Waals surface area contributed by atoms with Crippen LogP contribution in [0.25, 0.3) is 0 Å². The largest absolute Gasteiger partial charge is 0.473 e. The lowest BCUT2D eigenvalue weighted by Crippen LogP contribution is -2.17. The van der Waals surface area contributed by atoms with Crippen molar-refractivity contribution in [1.82, 2.24) is 0 Å². The fraction of sp³-hybridized carbons (Fsp3) is 0.500. The summed E-state index contributed by atoms with van der Waals surface area (Å²) >= 11 is 3.39. The zero-order valence-electron chi connectivity index (χ0n) is 8.43. The number of hydrogen-bond acceptors (Lipinski definition) is 3. The summed E-state index contributed by atoms with van der Waals surface area (Å²) in [6.45, 7) is 6.57. The van der Waals surface area contributed by atoms with Gasteiger partial charge >= 0.3 is 0 Å². The summed E-state index contributed by atoms with van der Waals surface area (Å²) < 4.78 is 11.9. The van der Waals surface area contributed by atoms with E-state index in [0.29, 0.717) is 18.3 Å². The molecule has 0 saturated carbocycles. The van der Waals surface area contributed by atoms with Gasteiger partial charge in [0.15, 0.2) is 5.76 Å². The highest BCUT2D eigenvalue weighted by atomic mass is 79.9. The molecule has 2 rings (SSSR count). The molecule has 0 fully saturated rings. The van der Waals surface area contributed by atoms with Gasteiger partial charge < -0.3 is 9.15 Å². The van der Waals surface area contributed by atoms with Crippen molar-refractivity contribution in [3.05, 3.63) is 22.1 Å². The van der Waals surface area contributed by atoms with Gasteiger partial charge in [0, 0.05) is 6.07 Å². The van der Waals surface area contributed by atoms with Crippen LogP contribution in [0.2, 0.25) is 0 Å². The topological polar surface area (TPSA) is 34.7 Å². The second-order valence-corrected chi connectivity index (χ2v) is 4.89. The van der Waals surface area contributed by atoms with Crippen molar-refractivity contribution >= 4 is 21.8 Å². The molecule has 3 nitrogen and oxygen atoms in total. The molecule has 0 radical (unpaired) electrons. The van der Waals surface area contributed by atoms with Crippen LogP contribution in [0.1, 0.15) is 25.4 Å². The SMILES string of the molecule is Cc1oc(C2=NC(C)(C)CO2)cc1Br. The van der Waals surface area contributed by atoms with Crippen molar-refractivity contribution in [3.8, 4) is 0 Å². The smallest absolute Gasteiger partial charge is 0.253 e. The molecule has 0 amide bonds. The molecule has 1 aliphatic rings. The third-order valence-corrected chi connectivity index (χ3v) is 2.82. The molecule has 1 aromatic rings. The van der Waals surface area contributed by atoms with Crippen LogP contribution in [0, 0.1) is 6.92 Å². The Balaban J connectivity index is 2.33. The summed E-state index contributed by atoms with van der Waals surface area (Å²) in [6, 6.07) is 1.88. The first-order valence-electron chi connectivity index (χ1n) is 4.47. The van der Waals surface area contributed by atoms with Crippen molar-refractivity contribution < 1.29 is 9.15 Å². The Morgan fingerprint density at radius 2 is 2.21 bits per heavy atom. The quantitative estimate of drug-likeness (QED) is 0.776. The molecule has 0 aromatic carbocycles. The first-order chi connectivity index (χ1) is 6.48. The van der Waals surface area contributed by atoms with E-state index in [1.807, 2.05) is 26.8 Å². The van der Waals surface area contributed by atoms with Gasteiger partial charge in [0.05, 0.1) is 10.0 Å². The van der Waals surface area contributed by atoms with E-state index in [2.05, 4.69) is 20.9 Å². The molecular formula is C10H12BrNO2. The first-order valence-corrected chi connectivity index (χ1v) is 5.26. The number of halogens is 1. The molecular weight excluding hydrogens is 246 g/mol. The van der Waals surface area contributed by atoms with Crippen molar-refractivity contribution in [2.75, 3.05) is 6.61 Å². The first kappa shape index (κ1) is 9.77. The lowest BCUT2D eigenvalue weighted by Gasteiger charge is -2.07. The van der Waals surface area contributed by atoms with Crippen LogP contribution < -0.4 is 0 Å². The van der Waals surface area contributed by atoms with Gasteiger partial charge in [-0.05, 0) is 36.7 Å². The van der Waals surface area contributed by atoms with Gasteiger partial charge in [-0.1, -0.05) is 0 Å². The normalized spacial score (nSPS) is 19.3. The van der Waals surface area contributed by atoms with E-state index >= 15 is 0 Å². The minimum Gasteiger partial charge on any atom is -0.473 e. The summed E-state index contributed by atoms with van der Waals surface area (Å²) in [5, 5.41) is 0. The van der Waals surface area contributed by atoms with E-state index in [9.17, 15) is 0 Å². The zero-order valence-corrected chi connectivity index (χ0v) is 10.0. The number of nitrogens with zero attached hydrogens (tertiary/aromatic N) is 1. The van der Waals surface area contributed by atoms with E-state index < -0.39 is 0 Å². The summed E-state index contributed by atoms with van der Waals surface area (Å²) in [7, 11) is 0. The lowest BCUT2D eigenvalue weighted by molar-refractivity contribution is 0.275. The molecule has 1 aliphatic heterocycles. The lowest BCUT2D eigenvalue weighted by atomic mass is 10.1. The molecule has 0 N–H and O–H groups in total. The molecule has 0 spiro atoms. The summed E-state index contributed by atoms with van der Waals surface area (Å²) in [5.74, 6) is 2.14. The van der Waals surface area contributed by atoms with Crippen LogP contribution in [0.15, 0.2) is 19.9 Å². The minimum atomic E-state index is -0.136. The Labute approximate surface area is 91.3 Å². The van der Waals surface area contributed by atoms with E-state index in [1.165, 1.54) is 0 Å². The number of ether oxygens (including phenoxy) is 1. The number of furan rings is 1. The molecule has 1 aromatic heterocycles. The van der Waals surface area contributed by atoms with Crippen molar-refractivity contribution in [2.24, 2.45) is 4.99 Å². The van der Waals surface area contributed by atoms with Gasteiger partial charge in [-0.2, -0.15) is 0 Å². The molecule has 2 heterocycles. The van der Waals surface area contributed by atoms with E-state index in [0.717, 1.165) is 10.2 Å². The van der Waals surface area contributed by atoms with Crippen LogP contribution in [0.4, 0.5) is 0 Å². The van der Waals surface area contributed by atoms with Crippen LogP contribution >= 0.6 is 15.9 Å². The van der Waals surface area contributed by atoms with Crippen LogP contribution in [0.3, 0.4) is 0 Å². The number of aryl methyl sites for hydroxylation is 1. The standard InChI is InChI=1S/C10H12BrNO2/c1-6-7(11)4-8(14-6)9-12-10(2,3)5-13-9/h4H,5H2,1-3H3. The molecule has 0 unspecified atom stereocenters. The van der Waals surface area contributed by atoms with Crippen LogP contribution in [-0.4, -0.2) is 18.0 Å². The highest BCUT2D eigenvalue weighted by Crippen LogP contribution is 2.25. The van der Waals surface area contributed by atoms with Gasteiger partial charge in [-0.15, -0.1) is 0 Å². The predicted octanol–water partition coefficient (Wildman–Crippen LogP) is 2.91. The molecule has 0 atom stereocenters. The Morgan fingerprint density at radius 1 is 1.50 bits per heavy atom. The van der Waals surface area contributed by atoms with Crippen molar-refractivity contribution in [2.45, 2.75) is 26.3 Å². The third kappa shape index (κ3) is 1.71. The Bertz CT molecular complexity index is 373. The average molecular weight is 258 g/mol. The molecule has 0 saturated heterocycles. The molecule has 76 valence electrons. The highest BCUT2D eigenvalue weighted by Gasteiger charge is 2.28. The molecule has 0 aliphatic carbocycles. The second-order valence-electron chi connectivity index (χ2n) is 4.03. The summed E-state index contributed by atoms with van der Waals surface area (Å²) in [5.41, 5.74) is -0.136. The van der Waals surface area contributed by atoms with E-state index in [1.54, 1.807) is 0 Å². The fourth-order valence-electron chi connectivity index (χ4n) is 1.28. The van der Waals surface area contributed by atoms with E-state index in [-0.39, 0.29) is 5.54 Å². The zero-order chi connectivity index (χ0) is 10.3. The van der Waals surface area contributed by atoms with Gasteiger partial charge in [-0.3, -0.25) is 0 Å². The number of rotatable bonds is 1. The fourth-order valence-corrected chi connectivity index (χ4v) is 1.56.